The number of rotatable bonds is 9. The van der Waals surface area contributed by atoms with E-state index in [1.54, 1.807) is 19.2 Å². The first-order chi connectivity index (χ1) is 10.5. The molecule has 0 aliphatic carbocycles. The number of benzene rings is 1. The number of halogens is 1. The number of aliphatic carboxylic acids is 1. The molecule has 1 rings (SSSR count). The lowest BCUT2D eigenvalue weighted by atomic mass is 10.2. The van der Waals surface area contributed by atoms with Gasteiger partial charge in [0.15, 0.2) is 11.5 Å². The number of nitrogens with zero attached hydrogens (tertiary/aromatic N) is 1. The molecule has 6 heteroatoms. The van der Waals surface area contributed by atoms with E-state index in [0.29, 0.717) is 18.1 Å². The van der Waals surface area contributed by atoms with Crippen molar-refractivity contribution in [1.29, 1.82) is 0 Å². The predicted octanol–water partition coefficient (Wildman–Crippen LogP) is 3.28. The molecule has 0 aromatic heterocycles. The average Bonchev–Trinajstić information content (AvgIpc) is 2.50. The summed E-state index contributed by atoms with van der Waals surface area (Å²) in [6.45, 7) is 7.59. The van der Waals surface area contributed by atoms with Gasteiger partial charge in [-0.25, -0.2) is 4.79 Å². The Hall–Kier alpha value is -1.53. The number of carboxylic acid groups (broad SMARTS) is 1. The Balaban J connectivity index is 2.84. The molecule has 0 amide bonds. The van der Waals surface area contributed by atoms with E-state index in [4.69, 9.17) is 14.6 Å². The van der Waals surface area contributed by atoms with Crippen molar-refractivity contribution in [3.63, 3.8) is 0 Å². The second-order valence-electron chi connectivity index (χ2n) is 4.58. The molecule has 0 saturated heterocycles. The predicted molar refractivity (Wildman–Crippen MR) is 90.6 cm³/mol. The Bertz CT molecular complexity index is 527. The molecular weight excluding hydrogens is 350 g/mol. The van der Waals surface area contributed by atoms with Gasteiger partial charge in [0.05, 0.1) is 11.6 Å². The molecule has 1 aromatic rings. The minimum atomic E-state index is -0.991. The zero-order valence-electron chi connectivity index (χ0n) is 13.1. The molecule has 0 saturated carbocycles. The molecule has 5 nitrogen and oxygen atoms in total. The van der Waals surface area contributed by atoms with Gasteiger partial charge in [0.1, 0.15) is 6.61 Å². The third-order valence-corrected chi connectivity index (χ3v) is 3.81. The van der Waals surface area contributed by atoms with Crippen LogP contribution in [0.3, 0.4) is 0 Å². The van der Waals surface area contributed by atoms with Crippen LogP contribution in [0.2, 0.25) is 0 Å². The highest BCUT2D eigenvalue weighted by Gasteiger charge is 2.11. The highest BCUT2D eigenvalue weighted by Crippen LogP contribution is 2.37. The summed E-state index contributed by atoms with van der Waals surface area (Å²) in [6, 6.07) is 3.55. The van der Waals surface area contributed by atoms with Crippen LogP contribution >= 0.6 is 15.9 Å². The number of carbonyl (C=O) groups is 1. The molecule has 1 aromatic carbocycles. The van der Waals surface area contributed by atoms with Crippen LogP contribution in [-0.2, 0) is 4.79 Å². The van der Waals surface area contributed by atoms with Crippen LogP contribution in [0, 0.1) is 0 Å². The number of ether oxygens (including phenoxy) is 2. The molecule has 0 aliphatic rings. The fourth-order valence-corrected chi connectivity index (χ4v) is 2.53. The summed E-state index contributed by atoms with van der Waals surface area (Å²) in [6.07, 6.45) is 2.59. The quantitative estimate of drug-likeness (QED) is 0.675. The van der Waals surface area contributed by atoms with E-state index in [2.05, 4.69) is 34.7 Å². The molecule has 0 aliphatic heterocycles. The average molecular weight is 372 g/mol. The largest absolute Gasteiger partial charge is 0.493 e. The molecule has 122 valence electrons. The molecule has 0 bridgehead atoms. The van der Waals surface area contributed by atoms with E-state index >= 15 is 0 Å². The first-order valence-corrected chi connectivity index (χ1v) is 7.94. The summed E-state index contributed by atoms with van der Waals surface area (Å²) >= 11 is 3.45. The van der Waals surface area contributed by atoms with Crippen LogP contribution in [0.1, 0.15) is 19.4 Å². The molecule has 0 spiro atoms. The third-order valence-electron chi connectivity index (χ3n) is 3.22. The smallest absolute Gasteiger partial charge is 0.328 e. The van der Waals surface area contributed by atoms with Gasteiger partial charge in [-0.3, -0.25) is 0 Å². The van der Waals surface area contributed by atoms with Gasteiger partial charge in [-0.15, -0.1) is 0 Å². The van der Waals surface area contributed by atoms with Gasteiger partial charge in [-0.05, 0) is 52.8 Å². The fourth-order valence-electron chi connectivity index (χ4n) is 1.96. The van der Waals surface area contributed by atoms with Gasteiger partial charge in [0.25, 0.3) is 0 Å². The van der Waals surface area contributed by atoms with Gasteiger partial charge in [-0.2, -0.15) is 0 Å². The van der Waals surface area contributed by atoms with E-state index in [-0.39, 0.29) is 0 Å². The number of hydrogen-bond acceptors (Lipinski definition) is 4. The maximum atomic E-state index is 10.6. The van der Waals surface area contributed by atoms with Crippen LogP contribution in [-0.4, -0.2) is 49.3 Å². The topological polar surface area (TPSA) is 59.0 Å². The minimum absolute atomic E-state index is 0.556. The van der Waals surface area contributed by atoms with E-state index in [9.17, 15) is 4.79 Å². The second-order valence-corrected chi connectivity index (χ2v) is 5.44. The highest BCUT2D eigenvalue weighted by molar-refractivity contribution is 9.10. The molecule has 0 fully saturated rings. The summed E-state index contributed by atoms with van der Waals surface area (Å²) < 4.78 is 11.9. The zero-order valence-corrected chi connectivity index (χ0v) is 14.7. The summed E-state index contributed by atoms with van der Waals surface area (Å²) in [4.78, 5) is 12.9. The standard InChI is InChI=1S/C16H22BrNO4/c1-4-18(5-2)8-9-22-16-13(17)10-12(6-7-15(19)20)11-14(16)21-3/h6-7,10-11H,4-5,8-9H2,1-3H3,(H,19,20). The van der Waals surface area contributed by atoms with Crippen molar-refractivity contribution in [3.8, 4) is 11.5 Å². The van der Waals surface area contributed by atoms with Crippen molar-refractivity contribution in [2.75, 3.05) is 33.4 Å². The van der Waals surface area contributed by atoms with Crippen molar-refractivity contribution >= 4 is 28.0 Å². The molecular formula is C16H22BrNO4. The van der Waals surface area contributed by atoms with Crippen LogP contribution in [0.4, 0.5) is 0 Å². The monoisotopic (exact) mass is 371 g/mol. The maximum Gasteiger partial charge on any atom is 0.328 e. The lowest BCUT2D eigenvalue weighted by Crippen LogP contribution is -2.28. The molecule has 1 N–H and O–H groups in total. The minimum Gasteiger partial charge on any atom is -0.493 e. The lowest BCUT2D eigenvalue weighted by molar-refractivity contribution is -0.131. The Morgan fingerprint density at radius 1 is 1.36 bits per heavy atom. The molecule has 0 radical (unpaired) electrons. The van der Waals surface area contributed by atoms with Gasteiger partial charge >= 0.3 is 5.97 Å². The second kappa shape index (κ2) is 9.48. The summed E-state index contributed by atoms with van der Waals surface area (Å²) in [5.74, 6) is 0.204. The normalized spacial score (nSPS) is 11.1. The Kier molecular flexibility index (Phi) is 7.98. The highest BCUT2D eigenvalue weighted by atomic mass is 79.9. The Morgan fingerprint density at radius 3 is 2.59 bits per heavy atom. The van der Waals surface area contributed by atoms with Gasteiger partial charge in [0.2, 0.25) is 0 Å². The Labute approximate surface area is 139 Å². The number of carboxylic acids is 1. The van der Waals surface area contributed by atoms with Gasteiger partial charge in [0, 0.05) is 12.6 Å². The van der Waals surface area contributed by atoms with E-state index in [0.717, 1.165) is 35.7 Å². The van der Waals surface area contributed by atoms with Crippen LogP contribution in [0.15, 0.2) is 22.7 Å². The summed E-state index contributed by atoms with van der Waals surface area (Å²) in [5, 5.41) is 8.68. The first-order valence-electron chi connectivity index (χ1n) is 7.15. The van der Waals surface area contributed by atoms with Crippen LogP contribution in [0.5, 0.6) is 11.5 Å². The van der Waals surface area contributed by atoms with Crippen LogP contribution < -0.4 is 9.47 Å². The fraction of sp³-hybridized carbons (Fsp3) is 0.438. The zero-order chi connectivity index (χ0) is 16.5. The molecule has 0 atom stereocenters. The van der Waals surface area contributed by atoms with Gasteiger partial charge < -0.3 is 19.5 Å². The van der Waals surface area contributed by atoms with E-state index in [1.807, 2.05) is 0 Å². The van der Waals surface area contributed by atoms with Crippen molar-refractivity contribution < 1.29 is 19.4 Å². The summed E-state index contributed by atoms with van der Waals surface area (Å²) in [5.41, 5.74) is 0.724. The Morgan fingerprint density at radius 2 is 2.05 bits per heavy atom. The van der Waals surface area contributed by atoms with Gasteiger partial charge in [-0.1, -0.05) is 13.8 Å². The first kappa shape index (κ1) is 18.5. The molecule has 22 heavy (non-hydrogen) atoms. The molecule has 0 unspecified atom stereocenters. The third kappa shape index (κ3) is 5.69. The van der Waals surface area contributed by atoms with E-state index < -0.39 is 5.97 Å². The molecule has 0 heterocycles. The number of methoxy groups -OCH3 is 1. The van der Waals surface area contributed by atoms with E-state index in [1.165, 1.54) is 6.08 Å². The van der Waals surface area contributed by atoms with Crippen molar-refractivity contribution in [3.05, 3.63) is 28.2 Å². The number of likely N-dealkylation sites (N-methyl/N-ethyl adjacent to an activating group) is 1. The SMILES string of the molecule is CCN(CC)CCOc1c(Br)cc(C=CC(=O)O)cc1OC. The lowest BCUT2D eigenvalue weighted by Gasteiger charge is -2.19. The van der Waals surface area contributed by atoms with Crippen molar-refractivity contribution in [2.45, 2.75) is 13.8 Å². The summed E-state index contributed by atoms with van der Waals surface area (Å²) in [7, 11) is 1.56. The van der Waals surface area contributed by atoms with Crippen molar-refractivity contribution in [2.24, 2.45) is 0 Å². The maximum absolute atomic E-state index is 10.6. The van der Waals surface area contributed by atoms with Crippen molar-refractivity contribution in [1.82, 2.24) is 4.90 Å². The number of hydrogen-bond donors (Lipinski definition) is 1. The van der Waals surface area contributed by atoms with Crippen LogP contribution in [0.25, 0.3) is 6.08 Å².